The van der Waals surface area contributed by atoms with Gasteiger partial charge in [-0.05, 0) is 6.07 Å². The third kappa shape index (κ3) is 2.01. The molecule has 0 atom stereocenters. The molecule has 1 N–H and O–H groups in total. The second kappa shape index (κ2) is 4.90. The third-order valence-corrected chi connectivity index (χ3v) is 3.43. The van der Waals surface area contributed by atoms with Crippen molar-refractivity contribution in [1.82, 2.24) is 0 Å². The summed E-state index contributed by atoms with van der Waals surface area (Å²) in [6, 6.07) is 15.8. The SMILES string of the molecule is CC(=O)N1C(=O)/C(=C(/O)c2ccccc2)c2ccccc21. The average molecular weight is 279 g/mol. The van der Waals surface area contributed by atoms with E-state index in [1.807, 2.05) is 6.07 Å². The summed E-state index contributed by atoms with van der Waals surface area (Å²) in [5.41, 5.74) is 1.78. The lowest BCUT2D eigenvalue weighted by molar-refractivity contribution is -0.122. The molecular formula is C17H13NO3. The van der Waals surface area contributed by atoms with Crippen molar-refractivity contribution < 1.29 is 14.7 Å². The van der Waals surface area contributed by atoms with Crippen molar-refractivity contribution >= 4 is 28.8 Å². The van der Waals surface area contributed by atoms with Gasteiger partial charge in [0.15, 0.2) is 0 Å². The van der Waals surface area contributed by atoms with Crippen LogP contribution in [0.3, 0.4) is 0 Å². The predicted molar refractivity (Wildman–Crippen MR) is 80.5 cm³/mol. The van der Waals surface area contributed by atoms with E-state index in [-0.39, 0.29) is 17.2 Å². The summed E-state index contributed by atoms with van der Waals surface area (Å²) in [6.45, 7) is 1.33. The van der Waals surface area contributed by atoms with E-state index in [9.17, 15) is 14.7 Å². The number of aliphatic hydroxyl groups excluding tert-OH is 1. The normalized spacial score (nSPS) is 15.9. The Morgan fingerprint density at radius 3 is 2.29 bits per heavy atom. The van der Waals surface area contributed by atoms with E-state index < -0.39 is 5.91 Å². The molecule has 0 spiro atoms. The smallest absolute Gasteiger partial charge is 0.269 e. The lowest BCUT2D eigenvalue weighted by Gasteiger charge is -2.11. The molecule has 0 aliphatic carbocycles. The maximum atomic E-state index is 12.5. The minimum absolute atomic E-state index is 0.114. The highest BCUT2D eigenvalue weighted by Gasteiger charge is 2.37. The topological polar surface area (TPSA) is 57.6 Å². The minimum atomic E-state index is -0.495. The largest absolute Gasteiger partial charge is 0.506 e. The van der Waals surface area contributed by atoms with Crippen molar-refractivity contribution in [3.63, 3.8) is 0 Å². The molecule has 2 aromatic rings. The highest BCUT2D eigenvalue weighted by molar-refractivity contribution is 6.42. The molecule has 104 valence electrons. The number of anilines is 1. The van der Waals surface area contributed by atoms with Crippen LogP contribution in [0.4, 0.5) is 5.69 Å². The fourth-order valence-corrected chi connectivity index (χ4v) is 2.50. The standard InChI is InChI=1S/C17H13NO3/c1-11(19)18-14-10-6-5-9-13(14)15(17(18)21)16(20)12-7-3-2-4-8-12/h2-10,20H,1H3/b16-15+. The maximum absolute atomic E-state index is 12.5. The number of amides is 2. The quantitative estimate of drug-likeness (QED) is 0.645. The number of benzene rings is 2. The molecule has 0 saturated heterocycles. The molecule has 1 aliphatic rings. The number of carbonyl (C=O) groups is 2. The first-order valence-electron chi connectivity index (χ1n) is 6.54. The van der Waals surface area contributed by atoms with Gasteiger partial charge in [-0.15, -0.1) is 0 Å². The summed E-state index contributed by atoms with van der Waals surface area (Å²) < 4.78 is 0. The van der Waals surface area contributed by atoms with Crippen LogP contribution >= 0.6 is 0 Å². The number of hydrogen-bond acceptors (Lipinski definition) is 3. The summed E-state index contributed by atoms with van der Waals surface area (Å²) in [7, 11) is 0. The Labute approximate surface area is 121 Å². The molecular weight excluding hydrogens is 266 g/mol. The van der Waals surface area contributed by atoms with Gasteiger partial charge in [-0.1, -0.05) is 48.5 Å². The average Bonchev–Trinajstić information content (AvgIpc) is 2.79. The summed E-state index contributed by atoms with van der Waals surface area (Å²) in [5, 5.41) is 10.5. The van der Waals surface area contributed by atoms with E-state index in [1.165, 1.54) is 6.92 Å². The molecule has 2 aromatic carbocycles. The van der Waals surface area contributed by atoms with Crippen LogP contribution in [0.5, 0.6) is 0 Å². The Hall–Kier alpha value is -2.88. The Balaban J connectivity index is 2.25. The molecule has 1 heterocycles. The Morgan fingerprint density at radius 2 is 1.62 bits per heavy atom. The lowest BCUT2D eigenvalue weighted by atomic mass is 10.0. The van der Waals surface area contributed by atoms with Crippen LogP contribution in [0.25, 0.3) is 11.3 Å². The van der Waals surface area contributed by atoms with E-state index in [0.717, 1.165) is 4.90 Å². The Morgan fingerprint density at radius 1 is 1.00 bits per heavy atom. The molecule has 0 fully saturated rings. The lowest BCUT2D eigenvalue weighted by Crippen LogP contribution is -2.31. The van der Waals surface area contributed by atoms with Crippen LogP contribution in [-0.4, -0.2) is 16.9 Å². The number of fused-ring (bicyclic) bond motifs is 1. The molecule has 21 heavy (non-hydrogen) atoms. The number of rotatable bonds is 1. The second-order valence-corrected chi connectivity index (χ2v) is 4.77. The molecule has 0 bridgehead atoms. The van der Waals surface area contributed by atoms with E-state index in [2.05, 4.69) is 0 Å². The highest BCUT2D eigenvalue weighted by Crippen LogP contribution is 2.39. The Kier molecular flexibility index (Phi) is 3.06. The number of para-hydroxylation sites is 1. The maximum Gasteiger partial charge on any atom is 0.269 e. The monoisotopic (exact) mass is 279 g/mol. The van der Waals surface area contributed by atoms with Crippen molar-refractivity contribution in [3.8, 4) is 0 Å². The molecule has 1 aliphatic heterocycles. The van der Waals surface area contributed by atoms with Crippen LogP contribution in [0.1, 0.15) is 18.1 Å². The predicted octanol–water partition coefficient (Wildman–Crippen LogP) is 3.01. The summed E-state index contributed by atoms with van der Waals surface area (Å²) in [5.74, 6) is -0.981. The van der Waals surface area contributed by atoms with Gasteiger partial charge < -0.3 is 5.11 Å². The second-order valence-electron chi connectivity index (χ2n) is 4.77. The molecule has 4 nitrogen and oxygen atoms in total. The van der Waals surface area contributed by atoms with E-state index in [4.69, 9.17) is 0 Å². The van der Waals surface area contributed by atoms with Gasteiger partial charge in [-0.25, -0.2) is 4.90 Å². The van der Waals surface area contributed by atoms with Crippen molar-refractivity contribution in [2.24, 2.45) is 0 Å². The first-order valence-corrected chi connectivity index (χ1v) is 6.54. The van der Waals surface area contributed by atoms with Crippen molar-refractivity contribution in [2.75, 3.05) is 4.90 Å². The molecule has 0 aromatic heterocycles. The fourth-order valence-electron chi connectivity index (χ4n) is 2.50. The van der Waals surface area contributed by atoms with Crippen LogP contribution in [0.2, 0.25) is 0 Å². The van der Waals surface area contributed by atoms with Crippen LogP contribution in [-0.2, 0) is 9.59 Å². The zero-order valence-corrected chi connectivity index (χ0v) is 11.4. The van der Waals surface area contributed by atoms with Crippen molar-refractivity contribution in [2.45, 2.75) is 6.92 Å². The van der Waals surface area contributed by atoms with Gasteiger partial charge in [0.2, 0.25) is 5.91 Å². The summed E-state index contributed by atoms with van der Waals surface area (Å²) >= 11 is 0. The van der Waals surface area contributed by atoms with Gasteiger partial charge in [0.1, 0.15) is 5.76 Å². The van der Waals surface area contributed by atoms with Gasteiger partial charge in [0.25, 0.3) is 5.91 Å². The minimum Gasteiger partial charge on any atom is -0.506 e. The van der Waals surface area contributed by atoms with Gasteiger partial charge in [-0.3, -0.25) is 9.59 Å². The van der Waals surface area contributed by atoms with Crippen LogP contribution in [0, 0.1) is 0 Å². The zero-order valence-electron chi connectivity index (χ0n) is 11.4. The number of carbonyl (C=O) groups excluding carboxylic acids is 2. The van der Waals surface area contributed by atoms with E-state index in [0.29, 0.717) is 16.8 Å². The molecule has 0 radical (unpaired) electrons. The Bertz CT molecular complexity index is 763. The van der Waals surface area contributed by atoms with Crippen molar-refractivity contribution in [1.29, 1.82) is 0 Å². The van der Waals surface area contributed by atoms with Gasteiger partial charge in [0, 0.05) is 18.1 Å². The highest BCUT2D eigenvalue weighted by atomic mass is 16.3. The van der Waals surface area contributed by atoms with Gasteiger partial charge in [-0.2, -0.15) is 0 Å². The van der Waals surface area contributed by atoms with Crippen LogP contribution in [0.15, 0.2) is 54.6 Å². The van der Waals surface area contributed by atoms with Gasteiger partial charge >= 0.3 is 0 Å². The van der Waals surface area contributed by atoms with Crippen molar-refractivity contribution in [3.05, 3.63) is 65.7 Å². The number of hydrogen-bond donors (Lipinski definition) is 1. The number of aliphatic hydroxyl groups is 1. The third-order valence-electron chi connectivity index (χ3n) is 3.43. The van der Waals surface area contributed by atoms with Crippen LogP contribution < -0.4 is 4.90 Å². The van der Waals surface area contributed by atoms with E-state index >= 15 is 0 Å². The summed E-state index contributed by atoms with van der Waals surface area (Å²) in [4.78, 5) is 25.3. The number of nitrogens with zero attached hydrogens (tertiary/aromatic N) is 1. The molecule has 3 rings (SSSR count). The molecule has 2 amide bonds. The van der Waals surface area contributed by atoms with Gasteiger partial charge in [0.05, 0.1) is 11.3 Å². The summed E-state index contributed by atoms with van der Waals surface area (Å²) in [6.07, 6.45) is 0. The fraction of sp³-hybridized carbons (Fsp3) is 0.0588. The first-order chi connectivity index (χ1) is 10.1. The molecule has 4 heteroatoms. The first kappa shape index (κ1) is 13.1. The molecule has 0 unspecified atom stereocenters. The number of imide groups is 1. The molecule has 0 saturated carbocycles. The van der Waals surface area contributed by atoms with E-state index in [1.54, 1.807) is 48.5 Å². The zero-order chi connectivity index (χ0) is 15.0.